The highest BCUT2D eigenvalue weighted by atomic mass is 19.1. The molecule has 0 aliphatic rings. The third-order valence-corrected chi connectivity index (χ3v) is 2.91. The van der Waals surface area contributed by atoms with Crippen LogP contribution in [0.2, 0.25) is 0 Å². The molecule has 0 spiro atoms. The second-order valence-corrected chi connectivity index (χ2v) is 4.23. The lowest BCUT2D eigenvalue weighted by Crippen LogP contribution is -2.23. The van der Waals surface area contributed by atoms with Gasteiger partial charge in [-0.25, -0.2) is 4.39 Å². The maximum absolute atomic E-state index is 12.8. The molecule has 19 heavy (non-hydrogen) atoms. The number of aliphatic hydroxyl groups is 1. The van der Waals surface area contributed by atoms with Crippen LogP contribution in [0, 0.1) is 5.82 Å². The van der Waals surface area contributed by atoms with Crippen molar-refractivity contribution in [3.63, 3.8) is 0 Å². The van der Waals surface area contributed by atoms with Crippen molar-refractivity contribution in [1.29, 1.82) is 0 Å². The van der Waals surface area contributed by atoms with Crippen molar-refractivity contribution in [3.05, 3.63) is 47.8 Å². The van der Waals surface area contributed by atoms with E-state index in [1.807, 2.05) is 11.5 Å². The molecule has 0 fully saturated rings. The highest BCUT2D eigenvalue weighted by Gasteiger charge is 2.08. The average molecular weight is 264 g/mol. The van der Waals surface area contributed by atoms with Crippen LogP contribution < -0.4 is 5.32 Å². The first-order valence-electron chi connectivity index (χ1n) is 6.21. The molecule has 102 valence electrons. The summed E-state index contributed by atoms with van der Waals surface area (Å²) in [5, 5.41) is 20.9. The van der Waals surface area contributed by atoms with Gasteiger partial charge < -0.3 is 15.0 Å². The van der Waals surface area contributed by atoms with Gasteiger partial charge in [-0.3, -0.25) is 0 Å². The Hall–Kier alpha value is -1.79. The molecular formula is C13H17FN4O. The summed E-state index contributed by atoms with van der Waals surface area (Å²) in [6, 6.07) is 5.84. The molecule has 0 bridgehead atoms. The molecule has 0 radical (unpaired) electrons. The minimum Gasteiger partial charge on any atom is -0.387 e. The van der Waals surface area contributed by atoms with Crippen molar-refractivity contribution in [2.75, 3.05) is 6.54 Å². The van der Waals surface area contributed by atoms with E-state index in [9.17, 15) is 9.50 Å². The Kier molecular flexibility index (Phi) is 4.59. The molecule has 1 aromatic carbocycles. The highest BCUT2D eigenvalue weighted by molar-refractivity contribution is 5.18. The number of hydrogen-bond donors (Lipinski definition) is 2. The van der Waals surface area contributed by atoms with E-state index in [4.69, 9.17) is 0 Å². The number of rotatable bonds is 6. The van der Waals surface area contributed by atoms with Crippen LogP contribution in [0.4, 0.5) is 4.39 Å². The largest absolute Gasteiger partial charge is 0.387 e. The molecule has 0 saturated carbocycles. The number of aliphatic hydroxyl groups excluding tert-OH is 1. The molecule has 1 atom stereocenters. The second-order valence-electron chi connectivity index (χ2n) is 4.23. The lowest BCUT2D eigenvalue weighted by atomic mass is 10.1. The van der Waals surface area contributed by atoms with Crippen LogP contribution in [0.15, 0.2) is 30.6 Å². The molecule has 0 aliphatic carbocycles. The zero-order chi connectivity index (χ0) is 13.7. The number of halogens is 1. The Balaban J connectivity index is 1.84. The van der Waals surface area contributed by atoms with Gasteiger partial charge >= 0.3 is 0 Å². The van der Waals surface area contributed by atoms with Gasteiger partial charge in [0.15, 0.2) is 0 Å². The summed E-state index contributed by atoms with van der Waals surface area (Å²) in [5.74, 6) is 0.522. The summed E-state index contributed by atoms with van der Waals surface area (Å²) < 4.78 is 14.7. The fourth-order valence-electron chi connectivity index (χ4n) is 1.80. The molecule has 1 unspecified atom stereocenters. The average Bonchev–Trinajstić information content (AvgIpc) is 2.87. The van der Waals surface area contributed by atoms with E-state index in [0.29, 0.717) is 18.7 Å². The summed E-state index contributed by atoms with van der Waals surface area (Å²) in [7, 11) is 0. The number of benzene rings is 1. The smallest absolute Gasteiger partial charge is 0.146 e. The van der Waals surface area contributed by atoms with Gasteiger partial charge in [-0.05, 0) is 24.6 Å². The molecule has 5 nitrogen and oxygen atoms in total. The summed E-state index contributed by atoms with van der Waals surface area (Å²) in [6.07, 6.45) is 1.01. The molecule has 0 amide bonds. The van der Waals surface area contributed by atoms with Gasteiger partial charge in [0.25, 0.3) is 0 Å². The van der Waals surface area contributed by atoms with E-state index < -0.39 is 6.10 Å². The van der Waals surface area contributed by atoms with Gasteiger partial charge in [-0.1, -0.05) is 12.1 Å². The Labute approximate surface area is 111 Å². The molecule has 0 saturated heterocycles. The molecule has 2 aromatic rings. The maximum atomic E-state index is 12.8. The van der Waals surface area contributed by atoms with Gasteiger partial charge in [0, 0.05) is 13.1 Å². The first kappa shape index (κ1) is 13.6. The zero-order valence-electron chi connectivity index (χ0n) is 10.8. The van der Waals surface area contributed by atoms with E-state index in [1.165, 1.54) is 12.1 Å². The monoisotopic (exact) mass is 264 g/mol. The van der Waals surface area contributed by atoms with Crippen molar-refractivity contribution in [1.82, 2.24) is 20.1 Å². The number of aryl methyl sites for hydroxylation is 1. The van der Waals surface area contributed by atoms with Crippen molar-refractivity contribution >= 4 is 0 Å². The third-order valence-electron chi connectivity index (χ3n) is 2.91. The minimum atomic E-state index is -0.668. The molecular weight excluding hydrogens is 247 g/mol. The number of nitrogens with one attached hydrogen (secondary N) is 1. The van der Waals surface area contributed by atoms with Crippen LogP contribution in [0.3, 0.4) is 0 Å². The van der Waals surface area contributed by atoms with E-state index >= 15 is 0 Å². The first-order valence-corrected chi connectivity index (χ1v) is 6.21. The third kappa shape index (κ3) is 3.59. The summed E-state index contributed by atoms with van der Waals surface area (Å²) in [5.41, 5.74) is 0.686. The Bertz CT molecular complexity index is 512. The molecule has 1 aromatic heterocycles. The fourth-order valence-corrected chi connectivity index (χ4v) is 1.80. The van der Waals surface area contributed by atoms with Crippen molar-refractivity contribution in [3.8, 4) is 0 Å². The second kappa shape index (κ2) is 6.40. The Morgan fingerprint density at radius 2 is 2.11 bits per heavy atom. The SMILES string of the molecule is CCn1cnnc1CNCC(O)c1ccc(F)cc1. The molecule has 6 heteroatoms. The van der Waals surface area contributed by atoms with E-state index in [-0.39, 0.29) is 5.82 Å². The standard InChI is InChI=1S/C13H17FN4O/c1-2-18-9-16-17-13(18)8-15-7-12(19)10-3-5-11(14)6-4-10/h3-6,9,12,15,19H,2,7-8H2,1H3. The van der Waals surface area contributed by atoms with Crippen LogP contribution >= 0.6 is 0 Å². The first-order chi connectivity index (χ1) is 9.20. The van der Waals surface area contributed by atoms with Gasteiger partial charge in [-0.2, -0.15) is 0 Å². The number of hydrogen-bond acceptors (Lipinski definition) is 4. The van der Waals surface area contributed by atoms with Gasteiger partial charge in [0.1, 0.15) is 18.0 Å². The topological polar surface area (TPSA) is 63.0 Å². The highest BCUT2D eigenvalue weighted by Crippen LogP contribution is 2.12. The minimum absolute atomic E-state index is 0.306. The van der Waals surface area contributed by atoms with E-state index in [2.05, 4.69) is 15.5 Å². The van der Waals surface area contributed by atoms with Crippen LogP contribution in [0.5, 0.6) is 0 Å². The lowest BCUT2D eigenvalue weighted by Gasteiger charge is -2.12. The Morgan fingerprint density at radius 3 is 2.79 bits per heavy atom. The maximum Gasteiger partial charge on any atom is 0.146 e. The quantitative estimate of drug-likeness (QED) is 0.824. The predicted molar refractivity (Wildman–Crippen MR) is 68.8 cm³/mol. The summed E-state index contributed by atoms with van der Waals surface area (Å²) in [6.45, 7) is 3.74. The van der Waals surface area contributed by atoms with Crippen molar-refractivity contribution in [2.24, 2.45) is 0 Å². The number of aromatic nitrogens is 3. The summed E-state index contributed by atoms with van der Waals surface area (Å²) >= 11 is 0. The van der Waals surface area contributed by atoms with E-state index in [1.54, 1.807) is 18.5 Å². The van der Waals surface area contributed by atoms with Crippen LogP contribution in [0.1, 0.15) is 24.4 Å². The lowest BCUT2D eigenvalue weighted by molar-refractivity contribution is 0.174. The molecule has 0 aliphatic heterocycles. The number of nitrogens with zero attached hydrogens (tertiary/aromatic N) is 3. The Morgan fingerprint density at radius 1 is 1.37 bits per heavy atom. The normalized spacial score (nSPS) is 12.6. The van der Waals surface area contributed by atoms with Crippen molar-refractivity contribution < 1.29 is 9.50 Å². The molecule has 2 N–H and O–H groups in total. The molecule has 1 heterocycles. The van der Waals surface area contributed by atoms with Gasteiger partial charge in [0.2, 0.25) is 0 Å². The van der Waals surface area contributed by atoms with Crippen LogP contribution in [0.25, 0.3) is 0 Å². The van der Waals surface area contributed by atoms with Gasteiger partial charge in [-0.15, -0.1) is 10.2 Å². The van der Waals surface area contributed by atoms with E-state index in [0.717, 1.165) is 12.4 Å². The summed E-state index contributed by atoms with van der Waals surface area (Å²) in [4.78, 5) is 0. The van der Waals surface area contributed by atoms with Crippen molar-refractivity contribution in [2.45, 2.75) is 26.1 Å². The predicted octanol–water partition coefficient (Wildman–Crippen LogP) is 1.26. The van der Waals surface area contributed by atoms with Gasteiger partial charge in [0.05, 0.1) is 12.6 Å². The zero-order valence-corrected chi connectivity index (χ0v) is 10.8. The fraction of sp³-hybridized carbons (Fsp3) is 0.385. The van der Waals surface area contributed by atoms with Crippen LogP contribution in [-0.2, 0) is 13.1 Å². The molecule has 2 rings (SSSR count). The van der Waals surface area contributed by atoms with Crippen LogP contribution in [-0.4, -0.2) is 26.4 Å².